The molecule has 0 spiro atoms. The predicted octanol–water partition coefficient (Wildman–Crippen LogP) is 3.77. The number of fused-ring (bicyclic) bond motifs is 1. The average Bonchev–Trinajstić information content (AvgIpc) is 2.93. The summed E-state index contributed by atoms with van der Waals surface area (Å²) in [4.78, 5) is 4.62. The van der Waals surface area contributed by atoms with Crippen LogP contribution in [0.4, 0.5) is 0 Å². The van der Waals surface area contributed by atoms with Crippen LogP contribution in [0.1, 0.15) is 31.2 Å². The Morgan fingerprint density at radius 2 is 1.83 bits per heavy atom. The molecule has 4 heteroatoms. The van der Waals surface area contributed by atoms with Crippen molar-refractivity contribution in [2.75, 3.05) is 13.2 Å². The average molecular weight is 324 g/mol. The highest BCUT2D eigenvalue weighted by Crippen LogP contribution is 2.26. The molecule has 0 saturated carbocycles. The van der Waals surface area contributed by atoms with Gasteiger partial charge in [-0.15, -0.1) is 0 Å². The maximum absolute atomic E-state index is 9.29. The molecule has 126 valence electrons. The zero-order valence-electron chi connectivity index (χ0n) is 14.3. The predicted molar refractivity (Wildman–Crippen MR) is 96.5 cm³/mol. The first-order valence-electron chi connectivity index (χ1n) is 8.47. The van der Waals surface area contributed by atoms with E-state index >= 15 is 0 Å². The van der Waals surface area contributed by atoms with E-state index in [4.69, 9.17) is 4.74 Å². The van der Waals surface area contributed by atoms with Crippen LogP contribution in [0.25, 0.3) is 11.0 Å². The first kappa shape index (κ1) is 16.5. The van der Waals surface area contributed by atoms with Gasteiger partial charge in [0, 0.05) is 6.42 Å². The Kier molecular flexibility index (Phi) is 5.16. The molecule has 0 aliphatic carbocycles. The van der Waals surface area contributed by atoms with E-state index in [1.54, 1.807) is 0 Å². The van der Waals surface area contributed by atoms with Crippen molar-refractivity contribution in [2.45, 2.75) is 32.7 Å². The second kappa shape index (κ2) is 7.49. The van der Waals surface area contributed by atoms with Gasteiger partial charge in [0.1, 0.15) is 18.2 Å². The van der Waals surface area contributed by atoms with Crippen molar-refractivity contribution < 1.29 is 9.84 Å². The summed E-state index contributed by atoms with van der Waals surface area (Å²) in [6, 6.07) is 16.2. The van der Waals surface area contributed by atoms with Crippen LogP contribution in [0.2, 0.25) is 0 Å². The Hall–Kier alpha value is -2.33. The number of hydrogen-bond donors (Lipinski definition) is 1. The highest BCUT2D eigenvalue weighted by molar-refractivity contribution is 5.75. The molecule has 3 aromatic rings. The van der Waals surface area contributed by atoms with Gasteiger partial charge in [0.15, 0.2) is 0 Å². The second-order valence-electron chi connectivity index (χ2n) is 6.18. The SMILES string of the molecule is CC(C)c1ccccc1OCCn1c(CCO)nc2ccccc21. The second-order valence-corrected chi connectivity index (χ2v) is 6.18. The minimum Gasteiger partial charge on any atom is -0.491 e. The minimum atomic E-state index is 0.0976. The van der Waals surface area contributed by atoms with Crippen molar-refractivity contribution in [1.82, 2.24) is 9.55 Å². The van der Waals surface area contributed by atoms with Crippen LogP contribution >= 0.6 is 0 Å². The summed E-state index contributed by atoms with van der Waals surface area (Å²) < 4.78 is 8.19. The van der Waals surface area contributed by atoms with Gasteiger partial charge in [0.05, 0.1) is 24.2 Å². The maximum atomic E-state index is 9.29. The van der Waals surface area contributed by atoms with Gasteiger partial charge in [-0.3, -0.25) is 0 Å². The van der Waals surface area contributed by atoms with Crippen LogP contribution in [0.15, 0.2) is 48.5 Å². The quantitative estimate of drug-likeness (QED) is 0.719. The number of ether oxygens (including phenoxy) is 1. The highest BCUT2D eigenvalue weighted by Gasteiger charge is 2.11. The smallest absolute Gasteiger partial charge is 0.122 e. The van der Waals surface area contributed by atoms with E-state index in [9.17, 15) is 5.11 Å². The molecule has 0 radical (unpaired) electrons. The number of benzene rings is 2. The maximum Gasteiger partial charge on any atom is 0.122 e. The summed E-state index contributed by atoms with van der Waals surface area (Å²) in [5, 5.41) is 9.29. The monoisotopic (exact) mass is 324 g/mol. The Morgan fingerprint density at radius 1 is 1.08 bits per heavy atom. The van der Waals surface area contributed by atoms with Gasteiger partial charge in [0.2, 0.25) is 0 Å². The van der Waals surface area contributed by atoms with Crippen molar-refractivity contribution in [1.29, 1.82) is 0 Å². The van der Waals surface area contributed by atoms with Crippen molar-refractivity contribution in [2.24, 2.45) is 0 Å². The third kappa shape index (κ3) is 3.44. The molecule has 2 aromatic carbocycles. The van der Waals surface area contributed by atoms with Crippen LogP contribution in [0.5, 0.6) is 5.75 Å². The molecule has 1 N–H and O–H groups in total. The van der Waals surface area contributed by atoms with Gasteiger partial charge in [0.25, 0.3) is 0 Å². The number of rotatable bonds is 7. The van der Waals surface area contributed by atoms with Crippen LogP contribution in [-0.4, -0.2) is 27.9 Å². The summed E-state index contributed by atoms with van der Waals surface area (Å²) in [7, 11) is 0. The lowest BCUT2D eigenvalue weighted by molar-refractivity contribution is 0.282. The van der Waals surface area contributed by atoms with Crippen LogP contribution in [0, 0.1) is 0 Å². The van der Waals surface area contributed by atoms with Crippen molar-refractivity contribution >= 4 is 11.0 Å². The van der Waals surface area contributed by atoms with E-state index < -0.39 is 0 Å². The molecule has 0 atom stereocenters. The molecule has 4 nitrogen and oxygen atoms in total. The van der Waals surface area contributed by atoms with E-state index in [1.807, 2.05) is 36.4 Å². The standard InChI is InChI=1S/C20H24N2O2/c1-15(2)16-7-3-6-10-19(16)24-14-12-22-18-9-5-4-8-17(18)21-20(22)11-13-23/h3-10,15,23H,11-14H2,1-2H3. The summed E-state index contributed by atoms with van der Waals surface area (Å²) in [5.74, 6) is 2.28. The molecule has 0 saturated heterocycles. The molecule has 1 heterocycles. The lowest BCUT2D eigenvalue weighted by Gasteiger charge is -2.15. The Bertz CT molecular complexity index is 808. The molecule has 0 fully saturated rings. The molecule has 0 unspecified atom stereocenters. The largest absolute Gasteiger partial charge is 0.491 e. The third-order valence-electron chi connectivity index (χ3n) is 4.18. The molecular formula is C20H24N2O2. The van der Waals surface area contributed by atoms with E-state index in [0.29, 0.717) is 25.5 Å². The molecule has 1 aromatic heterocycles. The number of aromatic nitrogens is 2. The van der Waals surface area contributed by atoms with Crippen LogP contribution < -0.4 is 4.74 Å². The van der Waals surface area contributed by atoms with Gasteiger partial charge in [-0.1, -0.05) is 44.2 Å². The van der Waals surface area contributed by atoms with Crippen LogP contribution in [-0.2, 0) is 13.0 Å². The fourth-order valence-electron chi connectivity index (χ4n) is 3.00. The van der Waals surface area contributed by atoms with Crippen molar-refractivity contribution in [3.63, 3.8) is 0 Å². The van der Waals surface area contributed by atoms with E-state index in [1.165, 1.54) is 5.56 Å². The lowest BCUT2D eigenvalue weighted by atomic mass is 10.0. The number of nitrogens with zero attached hydrogens (tertiary/aromatic N) is 2. The fraction of sp³-hybridized carbons (Fsp3) is 0.350. The van der Waals surface area contributed by atoms with Gasteiger partial charge >= 0.3 is 0 Å². The normalized spacial score (nSPS) is 11.3. The molecular weight excluding hydrogens is 300 g/mol. The molecule has 0 aliphatic rings. The molecule has 0 bridgehead atoms. The zero-order valence-corrected chi connectivity index (χ0v) is 14.3. The van der Waals surface area contributed by atoms with Gasteiger partial charge < -0.3 is 14.4 Å². The van der Waals surface area contributed by atoms with Crippen molar-refractivity contribution in [3.05, 3.63) is 59.9 Å². The lowest BCUT2D eigenvalue weighted by Crippen LogP contribution is -2.13. The Balaban J connectivity index is 1.78. The number of imidazole rings is 1. The minimum absolute atomic E-state index is 0.0976. The summed E-state index contributed by atoms with van der Waals surface area (Å²) >= 11 is 0. The summed E-state index contributed by atoms with van der Waals surface area (Å²) in [6.45, 7) is 5.72. The third-order valence-corrected chi connectivity index (χ3v) is 4.18. The Labute approximate surface area is 142 Å². The molecule has 0 aliphatic heterocycles. The number of hydrogen-bond acceptors (Lipinski definition) is 3. The van der Waals surface area contributed by atoms with Gasteiger partial charge in [-0.25, -0.2) is 4.98 Å². The zero-order chi connectivity index (χ0) is 16.9. The topological polar surface area (TPSA) is 47.3 Å². The first-order valence-corrected chi connectivity index (χ1v) is 8.47. The van der Waals surface area contributed by atoms with Gasteiger partial charge in [-0.05, 0) is 29.7 Å². The highest BCUT2D eigenvalue weighted by atomic mass is 16.5. The molecule has 3 rings (SSSR count). The van der Waals surface area contributed by atoms with Crippen molar-refractivity contribution in [3.8, 4) is 5.75 Å². The molecule has 0 amide bonds. The number of para-hydroxylation sites is 3. The Morgan fingerprint density at radius 3 is 2.62 bits per heavy atom. The summed E-state index contributed by atoms with van der Waals surface area (Å²) in [5.41, 5.74) is 3.27. The van der Waals surface area contributed by atoms with E-state index in [-0.39, 0.29) is 6.61 Å². The van der Waals surface area contributed by atoms with E-state index in [0.717, 1.165) is 22.6 Å². The number of aliphatic hydroxyl groups excluding tert-OH is 1. The number of aliphatic hydroxyl groups is 1. The first-order chi connectivity index (χ1) is 11.7. The van der Waals surface area contributed by atoms with E-state index in [2.05, 4.69) is 35.5 Å². The summed E-state index contributed by atoms with van der Waals surface area (Å²) in [6.07, 6.45) is 0.553. The fourth-order valence-corrected chi connectivity index (χ4v) is 3.00. The van der Waals surface area contributed by atoms with Crippen LogP contribution in [0.3, 0.4) is 0 Å². The molecule has 24 heavy (non-hydrogen) atoms. The van der Waals surface area contributed by atoms with Gasteiger partial charge in [-0.2, -0.15) is 0 Å².